The molecule has 0 radical (unpaired) electrons. The monoisotopic (exact) mass is 397 g/mol. The van der Waals surface area contributed by atoms with E-state index in [1.165, 1.54) is 10.9 Å². The van der Waals surface area contributed by atoms with Gasteiger partial charge >= 0.3 is 0 Å². The topological polar surface area (TPSA) is 77.2 Å². The molecule has 0 atom stereocenters. The van der Waals surface area contributed by atoms with E-state index in [0.717, 1.165) is 18.3 Å². The Morgan fingerprint density at radius 1 is 1.31 bits per heavy atom. The SMILES string of the molecule is BC(B)(Oc1cc(F)cc(O)c1C=O)c1cccnc1-c1c(F)cnn1C(C)C. The number of carbonyl (C=O) groups is 1. The lowest BCUT2D eigenvalue weighted by atomic mass is 9.60. The number of nitrogens with zero attached hydrogens (tertiary/aromatic N) is 3. The van der Waals surface area contributed by atoms with Crippen LogP contribution in [0.5, 0.6) is 11.5 Å². The highest BCUT2D eigenvalue weighted by atomic mass is 19.1. The molecular formula is C19H19B2F2N3O3. The predicted molar refractivity (Wildman–Crippen MR) is 109 cm³/mol. The lowest BCUT2D eigenvalue weighted by Crippen LogP contribution is -2.35. The molecule has 0 aliphatic heterocycles. The first-order chi connectivity index (χ1) is 13.7. The van der Waals surface area contributed by atoms with Crippen molar-refractivity contribution in [1.82, 2.24) is 14.8 Å². The van der Waals surface area contributed by atoms with Gasteiger partial charge in [0.1, 0.15) is 23.0 Å². The van der Waals surface area contributed by atoms with Crippen LogP contribution in [0, 0.1) is 11.6 Å². The number of phenolic OH excluding ortho intramolecular Hbond substituents is 1. The lowest BCUT2D eigenvalue weighted by molar-refractivity contribution is 0.111. The molecule has 10 heteroatoms. The fourth-order valence-electron chi connectivity index (χ4n) is 3.15. The van der Waals surface area contributed by atoms with Gasteiger partial charge in [-0.25, -0.2) is 8.78 Å². The third kappa shape index (κ3) is 3.87. The molecule has 0 aliphatic carbocycles. The van der Waals surface area contributed by atoms with E-state index in [2.05, 4.69) is 10.1 Å². The molecule has 29 heavy (non-hydrogen) atoms. The van der Waals surface area contributed by atoms with Crippen LogP contribution in [0.2, 0.25) is 0 Å². The lowest BCUT2D eigenvalue weighted by Gasteiger charge is -2.30. The molecule has 2 heterocycles. The highest BCUT2D eigenvalue weighted by molar-refractivity contribution is 6.39. The van der Waals surface area contributed by atoms with Crippen LogP contribution >= 0.6 is 0 Å². The summed E-state index contributed by atoms with van der Waals surface area (Å²) in [5.74, 6) is -1.95. The van der Waals surface area contributed by atoms with E-state index in [1.54, 1.807) is 27.8 Å². The Hall–Kier alpha value is -3.16. The summed E-state index contributed by atoms with van der Waals surface area (Å²) in [4.78, 5) is 15.7. The molecule has 0 aliphatic rings. The van der Waals surface area contributed by atoms with Crippen LogP contribution in [0.1, 0.15) is 35.8 Å². The summed E-state index contributed by atoms with van der Waals surface area (Å²) >= 11 is 0. The molecule has 6 nitrogen and oxygen atoms in total. The average Bonchev–Trinajstić information content (AvgIpc) is 3.03. The van der Waals surface area contributed by atoms with Crippen LogP contribution in [0.4, 0.5) is 8.78 Å². The van der Waals surface area contributed by atoms with E-state index >= 15 is 0 Å². The smallest absolute Gasteiger partial charge is 0.170 e. The maximum Gasteiger partial charge on any atom is 0.170 e. The fourth-order valence-corrected chi connectivity index (χ4v) is 3.15. The van der Waals surface area contributed by atoms with Gasteiger partial charge in [0.25, 0.3) is 0 Å². The normalized spacial score (nSPS) is 11.6. The molecular weight excluding hydrogens is 378 g/mol. The first kappa shape index (κ1) is 20.6. The molecule has 0 amide bonds. The number of aromatic nitrogens is 3. The zero-order chi connectivity index (χ0) is 21.3. The van der Waals surface area contributed by atoms with Gasteiger partial charge < -0.3 is 9.84 Å². The van der Waals surface area contributed by atoms with Crippen LogP contribution in [-0.2, 0) is 5.40 Å². The van der Waals surface area contributed by atoms with Crippen LogP contribution < -0.4 is 4.74 Å². The quantitative estimate of drug-likeness (QED) is 0.507. The van der Waals surface area contributed by atoms with Crippen molar-refractivity contribution in [3.63, 3.8) is 0 Å². The van der Waals surface area contributed by atoms with Gasteiger partial charge in [0.05, 0.1) is 22.9 Å². The molecule has 3 rings (SSSR count). The Kier molecular flexibility index (Phi) is 5.46. The van der Waals surface area contributed by atoms with E-state index < -0.39 is 22.8 Å². The van der Waals surface area contributed by atoms with Crippen molar-refractivity contribution in [2.24, 2.45) is 0 Å². The minimum atomic E-state index is -1.15. The molecule has 0 saturated carbocycles. The van der Waals surface area contributed by atoms with Crippen molar-refractivity contribution >= 4 is 22.0 Å². The Balaban J connectivity index is 2.14. The predicted octanol–water partition coefficient (Wildman–Crippen LogP) is 1.78. The molecule has 148 valence electrons. The summed E-state index contributed by atoms with van der Waals surface area (Å²) in [6, 6.07) is 5.10. The standard InChI is InChI=1S/C19H19B2F2N3O3/c1-10(2)26-18(14(23)8-25-26)17-13(4-3-5-24-17)19(20,21)29-16-7-11(22)6-15(28)12(16)9-27/h3-10,28H,20-21H2,1-2H3. The number of aromatic hydroxyl groups is 1. The molecule has 0 fully saturated rings. The van der Waals surface area contributed by atoms with Gasteiger partial charge in [-0.1, -0.05) is 6.07 Å². The summed E-state index contributed by atoms with van der Waals surface area (Å²) in [6.07, 6.45) is 3.03. The zero-order valence-electron chi connectivity index (χ0n) is 16.5. The number of ether oxygens (including phenoxy) is 1. The molecule has 1 aromatic carbocycles. The van der Waals surface area contributed by atoms with Crippen molar-refractivity contribution in [2.75, 3.05) is 0 Å². The molecule has 1 N–H and O–H groups in total. The Labute approximate surface area is 168 Å². The summed E-state index contributed by atoms with van der Waals surface area (Å²) in [7, 11) is 3.36. The van der Waals surface area contributed by atoms with Crippen LogP contribution in [0.25, 0.3) is 11.4 Å². The second-order valence-corrected chi connectivity index (χ2v) is 7.35. The Morgan fingerprint density at radius 2 is 2.03 bits per heavy atom. The maximum absolute atomic E-state index is 14.6. The second-order valence-electron chi connectivity index (χ2n) is 7.35. The van der Waals surface area contributed by atoms with E-state index in [9.17, 15) is 18.7 Å². The van der Waals surface area contributed by atoms with Crippen LogP contribution in [0.15, 0.2) is 36.7 Å². The minimum absolute atomic E-state index is 0.116. The van der Waals surface area contributed by atoms with Crippen LogP contribution in [-0.4, -0.2) is 41.8 Å². The van der Waals surface area contributed by atoms with Gasteiger partial charge in [-0.15, -0.1) is 0 Å². The third-order valence-electron chi connectivity index (χ3n) is 4.49. The maximum atomic E-state index is 14.6. The first-order valence-corrected chi connectivity index (χ1v) is 9.01. The van der Waals surface area contributed by atoms with Gasteiger partial charge in [-0.05, 0) is 19.9 Å². The highest BCUT2D eigenvalue weighted by Gasteiger charge is 2.31. The van der Waals surface area contributed by atoms with E-state index in [0.29, 0.717) is 17.5 Å². The first-order valence-electron chi connectivity index (χ1n) is 9.01. The Morgan fingerprint density at radius 3 is 2.69 bits per heavy atom. The van der Waals surface area contributed by atoms with Crippen LogP contribution in [0.3, 0.4) is 0 Å². The van der Waals surface area contributed by atoms with E-state index in [1.807, 2.05) is 13.8 Å². The van der Waals surface area contributed by atoms with Gasteiger partial charge in [0, 0.05) is 29.9 Å². The number of carbonyl (C=O) groups excluding carboxylic acids is 1. The van der Waals surface area contributed by atoms with Crippen molar-refractivity contribution in [1.29, 1.82) is 0 Å². The summed E-state index contributed by atoms with van der Waals surface area (Å²) < 4.78 is 35.8. The van der Waals surface area contributed by atoms with Crippen molar-refractivity contribution in [2.45, 2.75) is 25.3 Å². The van der Waals surface area contributed by atoms with E-state index in [4.69, 9.17) is 4.74 Å². The largest absolute Gasteiger partial charge is 0.507 e. The third-order valence-corrected chi connectivity index (χ3v) is 4.49. The van der Waals surface area contributed by atoms with Crippen molar-refractivity contribution in [3.05, 3.63) is 59.4 Å². The number of benzene rings is 1. The second kappa shape index (κ2) is 7.69. The average molecular weight is 397 g/mol. The number of pyridine rings is 1. The van der Waals surface area contributed by atoms with Gasteiger partial charge in [0.2, 0.25) is 0 Å². The Bertz CT molecular complexity index is 1070. The molecule has 0 saturated heterocycles. The summed E-state index contributed by atoms with van der Waals surface area (Å²) in [5.41, 5.74) is 0.838. The molecule has 2 aromatic heterocycles. The number of hydrogen-bond acceptors (Lipinski definition) is 5. The highest BCUT2D eigenvalue weighted by Crippen LogP contribution is 2.35. The number of aldehydes is 1. The zero-order valence-corrected chi connectivity index (χ0v) is 16.5. The molecule has 0 bridgehead atoms. The molecule has 0 spiro atoms. The number of halogens is 2. The molecule has 3 aromatic rings. The fraction of sp³-hybridized carbons (Fsp3) is 0.211. The minimum Gasteiger partial charge on any atom is -0.507 e. The molecule has 0 unspecified atom stereocenters. The van der Waals surface area contributed by atoms with Gasteiger partial charge in [-0.3, -0.25) is 14.5 Å². The van der Waals surface area contributed by atoms with Gasteiger partial charge in [0.15, 0.2) is 27.8 Å². The summed E-state index contributed by atoms with van der Waals surface area (Å²) in [6.45, 7) is 3.73. The number of hydrogen-bond donors (Lipinski definition) is 1. The van der Waals surface area contributed by atoms with Crippen molar-refractivity contribution < 1.29 is 23.4 Å². The van der Waals surface area contributed by atoms with Crippen molar-refractivity contribution in [3.8, 4) is 22.9 Å². The van der Waals surface area contributed by atoms with E-state index in [-0.39, 0.29) is 23.0 Å². The number of rotatable bonds is 6. The van der Waals surface area contributed by atoms with Gasteiger partial charge in [-0.2, -0.15) is 5.10 Å². The number of phenols is 1. The summed E-state index contributed by atoms with van der Waals surface area (Å²) in [5, 5.41) is 12.8.